The molecule has 5 nitrogen and oxygen atoms in total. The molecule has 0 amide bonds. The van der Waals surface area contributed by atoms with Crippen molar-refractivity contribution in [2.75, 3.05) is 13.2 Å². The normalized spacial score (nSPS) is 18.5. The van der Waals surface area contributed by atoms with Crippen molar-refractivity contribution >= 4 is 11.8 Å². The number of nitrogens with zero attached hydrogens (tertiary/aromatic N) is 3. The van der Waals surface area contributed by atoms with Gasteiger partial charge in [-0.2, -0.15) is 0 Å². The molecular weight excluding hydrogens is 542 g/mol. The lowest BCUT2D eigenvalue weighted by atomic mass is 9.93. The maximum atomic E-state index is 6.13. The van der Waals surface area contributed by atoms with Crippen LogP contribution in [0.3, 0.4) is 0 Å². The smallest absolute Gasteiger partial charge is 0.199 e. The van der Waals surface area contributed by atoms with E-state index in [1.807, 2.05) is 52.8 Å². The van der Waals surface area contributed by atoms with Crippen LogP contribution in [-0.4, -0.2) is 36.0 Å². The number of aliphatic imine (C=N–C) groups is 2. The van der Waals surface area contributed by atoms with E-state index in [4.69, 9.17) is 14.5 Å². The van der Waals surface area contributed by atoms with Crippen LogP contribution in [0.4, 0.5) is 0 Å². The average Bonchev–Trinajstić information content (AvgIpc) is 3.83. The molecule has 2 unspecified atom stereocenters. The number of hydrogen-bond donors (Lipinski definition) is 0. The average molecular weight is 604 g/mol. The lowest BCUT2D eigenvalue weighted by molar-refractivity contribution is 0.186. The zero-order valence-electron chi connectivity index (χ0n) is 29.7. The number of ether oxygens (including phenoxy) is 2. The molecule has 0 saturated carbocycles. The largest absolute Gasteiger partial charge is 0.478 e. The fourth-order valence-corrected chi connectivity index (χ4v) is 4.69. The number of hydrogen-bond acceptors (Lipinski definition) is 5. The second-order valence-corrected chi connectivity index (χ2v) is 11.4. The van der Waals surface area contributed by atoms with E-state index in [1.54, 1.807) is 6.20 Å². The first-order chi connectivity index (χ1) is 21.3. The molecule has 244 valence electrons. The maximum Gasteiger partial charge on any atom is 0.199 e. The van der Waals surface area contributed by atoms with Crippen molar-refractivity contribution in [3.8, 4) is 0 Å². The highest BCUT2D eigenvalue weighted by molar-refractivity contribution is 6.05. The van der Waals surface area contributed by atoms with Gasteiger partial charge in [0.15, 0.2) is 11.8 Å². The van der Waals surface area contributed by atoms with Crippen LogP contribution < -0.4 is 0 Å². The topological polar surface area (TPSA) is 56.1 Å². The molecule has 2 aliphatic heterocycles. The van der Waals surface area contributed by atoms with Gasteiger partial charge in [0.2, 0.25) is 0 Å². The van der Waals surface area contributed by atoms with E-state index >= 15 is 0 Å². The van der Waals surface area contributed by atoms with Crippen molar-refractivity contribution in [2.45, 2.75) is 120 Å². The molecule has 44 heavy (non-hydrogen) atoms. The third-order valence-electron chi connectivity index (χ3n) is 7.71. The Balaban J connectivity index is 0.000000334. The highest BCUT2D eigenvalue weighted by atomic mass is 16.5. The summed E-state index contributed by atoms with van der Waals surface area (Å²) in [6.45, 7) is 24.4. The van der Waals surface area contributed by atoms with Gasteiger partial charge in [0, 0.05) is 18.3 Å². The van der Waals surface area contributed by atoms with Gasteiger partial charge >= 0.3 is 0 Å². The van der Waals surface area contributed by atoms with Gasteiger partial charge in [-0.25, -0.2) is 4.99 Å². The Morgan fingerprint density at radius 2 is 1.59 bits per heavy atom. The molecule has 1 aromatic heterocycles. The lowest BCUT2D eigenvalue weighted by Gasteiger charge is -2.24. The summed E-state index contributed by atoms with van der Waals surface area (Å²) in [5, 5.41) is 0. The van der Waals surface area contributed by atoms with Crippen LogP contribution >= 0.6 is 0 Å². The Hall–Kier alpha value is -3.21. The number of fused-ring (bicyclic) bond motifs is 3. The summed E-state index contributed by atoms with van der Waals surface area (Å²) in [6.07, 6.45) is 14.7. The highest BCUT2D eigenvalue weighted by Crippen LogP contribution is 2.43. The van der Waals surface area contributed by atoms with E-state index in [-0.39, 0.29) is 17.6 Å². The van der Waals surface area contributed by atoms with E-state index in [1.165, 1.54) is 42.4 Å². The van der Waals surface area contributed by atoms with Crippen LogP contribution in [-0.2, 0) is 15.9 Å². The number of allylic oxidation sites excluding steroid dienone is 4. The fraction of sp³-hybridized carbons (Fsp3) is 0.564. The summed E-state index contributed by atoms with van der Waals surface area (Å²) in [5.74, 6) is 2.46. The minimum atomic E-state index is -0.365. The van der Waals surface area contributed by atoms with Gasteiger partial charge in [0.05, 0.1) is 6.54 Å². The van der Waals surface area contributed by atoms with Gasteiger partial charge in [-0.15, -0.1) is 0 Å². The van der Waals surface area contributed by atoms with Crippen LogP contribution in [0, 0.1) is 18.3 Å². The summed E-state index contributed by atoms with van der Waals surface area (Å²) in [6, 6.07) is 14.5. The molecule has 0 saturated heterocycles. The third kappa shape index (κ3) is 12.4. The number of aryl methyl sites for hydroxylation is 1. The van der Waals surface area contributed by atoms with Crippen molar-refractivity contribution in [1.82, 2.24) is 4.98 Å². The monoisotopic (exact) mass is 603 g/mol. The van der Waals surface area contributed by atoms with Crippen molar-refractivity contribution in [3.05, 3.63) is 89.3 Å². The number of aromatic nitrogens is 1. The summed E-state index contributed by atoms with van der Waals surface area (Å²) in [5.41, 5.74) is 4.78. The summed E-state index contributed by atoms with van der Waals surface area (Å²) < 4.78 is 11.7. The van der Waals surface area contributed by atoms with Crippen LogP contribution in [0.15, 0.2) is 82.4 Å². The molecule has 0 fully saturated rings. The number of pyridine rings is 1. The fourth-order valence-electron chi connectivity index (χ4n) is 4.69. The van der Waals surface area contributed by atoms with Gasteiger partial charge in [-0.1, -0.05) is 115 Å². The number of benzene rings is 1. The van der Waals surface area contributed by atoms with Crippen LogP contribution in [0.1, 0.15) is 118 Å². The first-order valence-electron chi connectivity index (χ1n) is 17.0. The van der Waals surface area contributed by atoms with Crippen molar-refractivity contribution < 1.29 is 9.47 Å². The van der Waals surface area contributed by atoms with E-state index in [2.05, 4.69) is 94.0 Å². The number of rotatable bonds is 4. The molecule has 0 spiro atoms. The van der Waals surface area contributed by atoms with Crippen molar-refractivity contribution in [3.63, 3.8) is 0 Å². The third-order valence-corrected chi connectivity index (χ3v) is 7.71. The molecule has 6 rings (SSSR count). The van der Waals surface area contributed by atoms with E-state index in [9.17, 15) is 0 Å². The molecule has 5 heteroatoms. The molecule has 1 aromatic carbocycles. The molecule has 2 aliphatic carbocycles. The maximum absolute atomic E-state index is 6.13. The quantitative estimate of drug-likeness (QED) is 0.349. The SMILES string of the molecule is CC.CC.CC(C)(C1=NCCO1)C1=NC2c3ccccc3CC2O1.CC1=CCCC=C1.CCC(C)CC.Cc1ccccn1. The predicted molar refractivity (Wildman–Crippen MR) is 191 cm³/mol. The molecule has 3 heterocycles. The second-order valence-electron chi connectivity index (χ2n) is 11.4. The van der Waals surface area contributed by atoms with Crippen molar-refractivity contribution in [1.29, 1.82) is 0 Å². The zero-order valence-corrected chi connectivity index (χ0v) is 29.7. The Bertz CT molecular complexity index is 1180. The summed E-state index contributed by atoms with van der Waals surface area (Å²) in [4.78, 5) is 13.2. The molecule has 2 aromatic rings. The minimum absolute atomic E-state index is 0.141. The molecule has 0 radical (unpaired) electrons. The summed E-state index contributed by atoms with van der Waals surface area (Å²) >= 11 is 0. The standard InChI is InChI=1S/C16H18N2O2.C7H10.C6H7N.C6H14.2C2H6/c1-16(2,14-17-7-8-19-14)15-18-13-11-6-4-3-5-10(11)9-12(13)20-15;1-7-5-3-2-4-6-7;1-6-4-2-3-5-7-6;1-4-6(3)5-2;2*1-2/h3-6,12-13H,7-9H2,1-2H3;3,5-6H,2,4H2,1H3;2-5H,1H3;6H,4-5H2,1-3H3;2*1-2H3. The van der Waals surface area contributed by atoms with Gasteiger partial charge in [0.1, 0.15) is 24.2 Å². The predicted octanol–water partition coefficient (Wildman–Crippen LogP) is 10.7. The molecule has 0 N–H and O–H groups in total. The molecule has 4 aliphatic rings. The highest BCUT2D eigenvalue weighted by Gasteiger charge is 2.46. The van der Waals surface area contributed by atoms with Gasteiger partial charge in [0.25, 0.3) is 0 Å². The molecule has 0 bridgehead atoms. The minimum Gasteiger partial charge on any atom is -0.478 e. The zero-order chi connectivity index (χ0) is 33.0. The van der Waals surface area contributed by atoms with Gasteiger partial charge in [-0.3, -0.25) is 9.98 Å². The lowest BCUT2D eigenvalue weighted by Crippen LogP contribution is -2.35. The Morgan fingerprint density at radius 1 is 0.909 bits per heavy atom. The van der Waals surface area contributed by atoms with Gasteiger partial charge in [-0.05, 0) is 69.7 Å². The van der Waals surface area contributed by atoms with Gasteiger partial charge < -0.3 is 9.47 Å². The van der Waals surface area contributed by atoms with Crippen LogP contribution in [0.2, 0.25) is 0 Å². The Kier molecular flexibility index (Phi) is 19.0. The Labute approximate surface area is 270 Å². The molecular formula is C39H61N3O2. The first kappa shape index (κ1) is 38.8. The molecule has 2 atom stereocenters. The van der Waals surface area contributed by atoms with E-state index in [0.717, 1.165) is 36.4 Å². The van der Waals surface area contributed by atoms with Crippen LogP contribution in [0.25, 0.3) is 0 Å². The Morgan fingerprint density at radius 3 is 2.05 bits per heavy atom. The van der Waals surface area contributed by atoms with Crippen molar-refractivity contribution in [2.24, 2.45) is 21.3 Å². The van der Waals surface area contributed by atoms with E-state index < -0.39 is 0 Å². The second kappa shape index (κ2) is 21.5. The van der Waals surface area contributed by atoms with Crippen LogP contribution in [0.5, 0.6) is 0 Å². The summed E-state index contributed by atoms with van der Waals surface area (Å²) in [7, 11) is 0. The van der Waals surface area contributed by atoms with E-state index in [0.29, 0.717) is 6.61 Å². The first-order valence-corrected chi connectivity index (χ1v) is 17.0.